The lowest BCUT2D eigenvalue weighted by atomic mass is 10.1. The quantitative estimate of drug-likeness (QED) is 0.728. The first-order valence-electron chi connectivity index (χ1n) is 9.53. The van der Waals surface area contributed by atoms with Crippen LogP contribution < -0.4 is 15.0 Å². The molecule has 0 aromatic heterocycles. The van der Waals surface area contributed by atoms with Crippen molar-refractivity contribution in [1.82, 2.24) is 0 Å². The second-order valence-electron chi connectivity index (χ2n) is 6.81. The van der Waals surface area contributed by atoms with Gasteiger partial charge in [0.2, 0.25) is 5.91 Å². The molecule has 1 aliphatic heterocycles. The minimum absolute atomic E-state index is 0.0771. The van der Waals surface area contributed by atoms with Crippen molar-refractivity contribution in [2.45, 2.75) is 20.3 Å². The number of amides is 2. The Morgan fingerprint density at radius 1 is 1.14 bits per heavy atom. The van der Waals surface area contributed by atoms with Gasteiger partial charge >= 0.3 is 5.97 Å². The van der Waals surface area contributed by atoms with E-state index < -0.39 is 24.4 Å². The van der Waals surface area contributed by atoms with Crippen molar-refractivity contribution >= 4 is 29.2 Å². The number of nitrogens with one attached hydrogen (secondary N) is 1. The van der Waals surface area contributed by atoms with E-state index in [1.807, 2.05) is 38.1 Å². The molecule has 0 bridgehead atoms. The van der Waals surface area contributed by atoms with Crippen LogP contribution in [0.4, 0.5) is 11.4 Å². The zero-order chi connectivity index (χ0) is 20.8. The van der Waals surface area contributed by atoms with Crippen LogP contribution in [0, 0.1) is 12.8 Å². The third-order valence-electron chi connectivity index (χ3n) is 4.66. The molecule has 7 heteroatoms. The second-order valence-corrected chi connectivity index (χ2v) is 6.81. The Bertz CT molecular complexity index is 894. The molecule has 3 rings (SSSR count). The fourth-order valence-electron chi connectivity index (χ4n) is 3.22. The minimum Gasteiger partial charge on any atom is -0.494 e. The van der Waals surface area contributed by atoms with Gasteiger partial charge in [0, 0.05) is 24.3 Å². The van der Waals surface area contributed by atoms with Gasteiger partial charge in [-0.25, -0.2) is 0 Å². The van der Waals surface area contributed by atoms with E-state index in [0.717, 1.165) is 11.3 Å². The number of rotatable bonds is 7. The molecule has 1 N–H and O–H groups in total. The van der Waals surface area contributed by atoms with Crippen molar-refractivity contribution in [2.75, 3.05) is 30.0 Å². The molecular weight excluding hydrogens is 372 g/mol. The van der Waals surface area contributed by atoms with E-state index in [0.29, 0.717) is 18.0 Å². The van der Waals surface area contributed by atoms with Crippen molar-refractivity contribution in [1.29, 1.82) is 0 Å². The minimum atomic E-state index is -0.583. The fourth-order valence-corrected chi connectivity index (χ4v) is 3.22. The van der Waals surface area contributed by atoms with Crippen LogP contribution in [0.2, 0.25) is 0 Å². The molecule has 7 nitrogen and oxygen atoms in total. The Labute approximate surface area is 169 Å². The second kappa shape index (κ2) is 9.23. The van der Waals surface area contributed by atoms with Gasteiger partial charge in [0.15, 0.2) is 6.61 Å². The summed E-state index contributed by atoms with van der Waals surface area (Å²) < 4.78 is 10.5. The largest absolute Gasteiger partial charge is 0.494 e. The predicted octanol–water partition coefficient (Wildman–Crippen LogP) is 2.93. The third kappa shape index (κ3) is 5.13. The lowest BCUT2D eigenvalue weighted by Crippen LogP contribution is -2.28. The van der Waals surface area contributed by atoms with Crippen LogP contribution >= 0.6 is 0 Å². The number of esters is 1. The first kappa shape index (κ1) is 20.4. The van der Waals surface area contributed by atoms with Crippen molar-refractivity contribution in [3.63, 3.8) is 0 Å². The molecule has 2 aromatic carbocycles. The number of hydrogen-bond donors (Lipinski definition) is 1. The van der Waals surface area contributed by atoms with Gasteiger partial charge in [-0.05, 0) is 49.7 Å². The first-order chi connectivity index (χ1) is 14.0. The Hall–Kier alpha value is -3.35. The summed E-state index contributed by atoms with van der Waals surface area (Å²) in [6.45, 7) is 4.22. The van der Waals surface area contributed by atoms with Gasteiger partial charge in [0.1, 0.15) is 5.75 Å². The zero-order valence-electron chi connectivity index (χ0n) is 16.5. The molecule has 1 saturated heterocycles. The number of carbonyl (C=O) groups excluding carboxylic acids is 3. The zero-order valence-corrected chi connectivity index (χ0v) is 16.5. The maximum atomic E-state index is 12.3. The van der Waals surface area contributed by atoms with E-state index in [2.05, 4.69) is 5.32 Å². The van der Waals surface area contributed by atoms with Gasteiger partial charge in [-0.15, -0.1) is 0 Å². The topological polar surface area (TPSA) is 84.9 Å². The molecule has 0 radical (unpaired) electrons. The molecule has 0 spiro atoms. The molecule has 1 fully saturated rings. The SMILES string of the molecule is CCOc1ccc(NC(=O)COC(=O)[C@@H]2CC(=O)N(c3ccccc3C)C2)cc1. The Morgan fingerprint density at radius 3 is 2.55 bits per heavy atom. The van der Waals surface area contributed by atoms with Crippen molar-refractivity contribution < 1.29 is 23.9 Å². The molecule has 1 aliphatic rings. The smallest absolute Gasteiger partial charge is 0.311 e. The van der Waals surface area contributed by atoms with Crippen LogP contribution in [0.5, 0.6) is 5.75 Å². The summed E-state index contributed by atoms with van der Waals surface area (Å²) >= 11 is 0. The number of carbonyl (C=O) groups is 3. The number of anilines is 2. The summed E-state index contributed by atoms with van der Waals surface area (Å²) in [4.78, 5) is 38.3. The average molecular weight is 396 g/mol. The Kier molecular flexibility index (Phi) is 6.49. The van der Waals surface area contributed by atoms with Crippen LogP contribution in [0.3, 0.4) is 0 Å². The summed E-state index contributed by atoms with van der Waals surface area (Å²) in [5.74, 6) is -0.986. The highest BCUT2D eigenvalue weighted by Gasteiger charge is 2.36. The Balaban J connectivity index is 1.50. The van der Waals surface area contributed by atoms with E-state index in [9.17, 15) is 14.4 Å². The highest BCUT2D eigenvalue weighted by Crippen LogP contribution is 2.28. The number of ether oxygens (including phenoxy) is 2. The highest BCUT2D eigenvalue weighted by atomic mass is 16.5. The summed E-state index contributed by atoms with van der Waals surface area (Å²) in [6.07, 6.45) is 0.0771. The van der Waals surface area contributed by atoms with Crippen LogP contribution in [-0.4, -0.2) is 37.5 Å². The molecule has 1 atom stereocenters. The standard InChI is InChI=1S/C22H24N2O5/c1-3-28-18-10-8-17(9-11-18)23-20(25)14-29-22(27)16-12-21(26)24(13-16)19-7-5-4-6-15(19)2/h4-11,16H,3,12-14H2,1-2H3,(H,23,25)/t16-/m1/s1. The van der Waals surface area contributed by atoms with Gasteiger partial charge in [0.05, 0.1) is 12.5 Å². The van der Waals surface area contributed by atoms with E-state index in [1.54, 1.807) is 29.2 Å². The van der Waals surface area contributed by atoms with Gasteiger partial charge in [-0.1, -0.05) is 18.2 Å². The van der Waals surface area contributed by atoms with E-state index in [-0.39, 0.29) is 18.9 Å². The monoisotopic (exact) mass is 396 g/mol. The molecule has 2 amide bonds. The number of benzene rings is 2. The first-order valence-corrected chi connectivity index (χ1v) is 9.53. The number of aryl methyl sites for hydroxylation is 1. The van der Waals surface area contributed by atoms with E-state index in [1.165, 1.54) is 0 Å². The predicted molar refractivity (Wildman–Crippen MR) is 109 cm³/mol. The summed E-state index contributed by atoms with van der Waals surface area (Å²) in [5.41, 5.74) is 2.34. The van der Waals surface area contributed by atoms with Gasteiger partial charge in [-0.2, -0.15) is 0 Å². The van der Waals surface area contributed by atoms with Crippen LogP contribution in [0.1, 0.15) is 18.9 Å². The number of hydrogen-bond acceptors (Lipinski definition) is 5. The van der Waals surface area contributed by atoms with Gasteiger partial charge < -0.3 is 19.7 Å². The van der Waals surface area contributed by atoms with Crippen LogP contribution in [0.15, 0.2) is 48.5 Å². The number of nitrogens with zero attached hydrogens (tertiary/aromatic N) is 1. The fraction of sp³-hybridized carbons (Fsp3) is 0.318. The molecule has 0 unspecified atom stereocenters. The van der Waals surface area contributed by atoms with Crippen LogP contribution in [0.25, 0.3) is 0 Å². The molecule has 152 valence electrons. The normalized spacial score (nSPS) is 15.9. The average Bonchev–Trinajstić information content (AvgIpc) is 3.10. The third-order valence-corrected chi connectivity index (χ3v) is 4.66. The number of para-hydroxylation sites is 1. The van der Waals surface area contributed by atoms with Gasteiger partial charge in [0.25, 0.3) is 5.91 Å². The summed E-state index contributed by atoms with van der Waals surface area (Å²) in [5, 5.41) is 2.66. The van der Waals surface area contributed by atoms with Crippen molar-refractivity contribution in [2.24, 2.45) is 5.92 Å². The molecule has 2 aromatic rings. The molecule has 1 heterocycles. The highest BCUT2D eigenvalue weighted by molar-refractivity contribution is 6.00. The van der Waals surface area contributed by atoms with Crippen molar-refractivity contribution in [3.05, 3.63) is 54.1 Å². The summed E-state index contributed by atoms with van der Waals surface area (Å²) in [7, 11) is 0. The molecule has 0 aliphatic carbocycles. The van der Waals surface area contributed by atoms with Gasteiger partial charge in [-0.3, -0.25) is 14.4 Å². The van der Waals surface area contributed by atoms with E-state index in [4.69, 9.17) is 9.47 Å². The molecular formula is C22H24N2O5. The lowest BCUT2D eigenvalue weighted by molar-refractivity contribution is -0.151. The van der Waals surface area contributed by atoms with E-state index >= 15 is 0 Å². The van der Waals surface area contributed by atoms with Crippen LogP contribution in [-0.2, 0) is 19.1 Å². The summed E-state index contributed by atoms with van der Waals surface area (Å²) in [6, 6.07) is 14.4. The maximum Gasteiger partial charge on any atom is 0.311 e. The maximum absolute atomic E-state index is 12.3. The molecule has 0 saturated carbocycles. The van der Waals surface area contributed by atoms with Crippen molar-refractivity contribution in [3.8, 4) is 5.75 Å². The lowest BCUT2D eigenvalue weighted by Gasteiger charge is -2.18. The Morgan fingerprint density at radius 2 is 1.86 bits per heavy atom. The molecule has 29 heavy (non-hydrogen) atoms.